The Bertz CT molecular complexity index is 1470. The number of methoxy groups -OCH3 is 1. The van der Waals surface area contributed by atoms with E-state index in [1.165, 1.54) is 36.3 Å². The number of unbranched alkanes of at least 4 members (excludes halogenated alkanes) is 1. The van der Waals surface area contributed by atoms with Crippen LogP contribution in [0.1, 0.15) is 37.8 Å². The molecule has 0 spiro atoms. The number of halogens is 2. The standard InChI is InChI=1S/C30H35Cl2N3O5S/c1-5-6-17-33-30(37)22(3)34(19-23-9-7-8-10-26(23)32)29(36)20-35(27-18-24(31)13-16-28(27)40-4)41(38,39)25-14-11-21(2)12-15-25/h7-16,18,22H,5-6,17,19-20H2,1-4H3,(H,33,37)/t22-/m0/s1. The molecule has 0 aromatic heterocycles. The molecule has 3 aromatic carbocycles. The van der Waals surface area contributed by atoms with Crippen LogP contribution in [0.5, 0.6) is 5.75 Å². The number of ether oxygens (including phenoxy) is 1. The molecule has 2 amide bonds. The first-order valence-corrected chi connectivity index (χ1v) is 15.4. The fourth-order valence-electron chi connectivity index (χ4n) is 4.14. The Labute approximate surface area is 252 Å². The second-order valence-corrected chi connectivity index (χ2v) is 12.3. The van der Waals surface area contributed by atoms with E-state index in [-0.39, 0.29) is 33.8 Å². The maximum absolute atomic E-state index is 14.1. The van der Waals surface area contributed by atoms with E-state index in [4.69, 9.17) is 27.9 Å². The summed E-state index contributed by atoms with van der Waals surface area (Å²) in [6, 6.07) is 16.9. The molecule has 0 unspecified atom stereocenters. The summed E-state index contributed by atoms with van der Waals surface area (Å²) in [5, 5.41) is 3.54. The first-order valence-electron chi connectivity index (χ1n) is 13.2. The van der Waals surface area contributed by atoms with Crippen molar-refractivity contribution in [1.29, 1.82) is 0 Å². The highest BCUT2D eigenvalue weighted by Crippen LogP contribution is 2.35. The van der Waals surface area contributed by atoms with Gasteiger partial charge >= 0.3 is 0 Å². The summed E-state index contributed by atoms with van der Waals surface area (Å²) in [5.41, 5.74) is 1.58. The number of amides is 2. The number of nitrogens with zero attached hydrogens (tertiary/aromatic N) is 2. The Balaban J connectivity index is 2.08. The van der Waals surface area contributed by atoms with Gasteiger partial charge in [-0.15, -0.1) is 0 Å². The first-order chi connectivity index (χ1) is 19.5. The molecule has 8 nitrogen and oxygen atoms in total. The average Bonchev–Trinajstić information content (AvgIpc) is 2.95. The van der Waals surface area contributed by atoms with Crippen LogP contribution >= 0.6 is 23.2 Å². The molecule has 0 radical (unpaired) electrons. The maximum Gasteiger partial charge on any atom is 0.264 e. The predicted molar refractivity (Wildman–Crippen MR) is 163 cm³/mol. The molecule has 0 bridgehead atoms. The Hall–Kier alpha value is -3.27. The van der Waals surface area contributed by atoms with Crippen molar-refractivity contribution in [3.63, 3.8) is 0 Å². The van der Waals surface area contributed by atoms with E-state index in [9.17, 15) is 18.0 Å². The molecule has 1 atom stereocenters. The Morgan fingerprint density at radius 3 is 2.34 bits per heavy atom. The van der Waals surface area contributed by atoms with Crippen molar-refractivity contribution in [3.05, 3.63) is 87.9 Å². The normalized spacial score (nSPS) is 12.0. The number of nitrogens with one attached hydrogen (secondary N) is 1. The molecular weight excluding hydrogens is 585 g/mol. The van der Waals surface area contributed by atoms with Gasteiger partial charge in [-0.3, -0.25) is 13.9 Å². The van der Waals surface area contributed by atoms with E-state index in [0.29, 0.717) is 17.1 Å². The van der Waals surface area contributed by atoms with Gasteiger partial charge in [0.1, 0.15) is 18.3 Å². The number of carbonyl (C=O) groups is 2. The van der Waals surface area contributed by atoms with Crippen molar-refractivity contribution in [2.75, 3.05) is 24.5 Å². The van der Waals surface area contributed by atoms with E-state index < -0.39 is 28.5 Å². The van der Waals surface area contributed by atoms with Gasteiger partial charge in [0.25, 0.3) is 10.0 Å². The Kier molecular flexibility index (Phi) is 11.5. The van der Waals surface area contributed by atoms with Crippen molar-refractivity contribution in [3.8, 4) is 5.75 Å². The molecule has 0 heterocycles. The molecule has 0 aliphatic heterocycles. The summed E-state index contributed by atoms with van der Waals surface area (Å²) in [4.78, 5) is 28.5. The van der Waals surface area contributed by atoms with Gasteiger partial charge in [-0.2, -0.15) is 0 Å². The van der Waals surface area contributed by atoms with Crippen LogP contribution in [0.15, 0.2) is 71.6 Å². The van der Waals surface area contributed by atoms with Gasteiger partial charge in [0, 0.05) is 23.1 Å². The highest BCUT2D eigenvalue weighted by molar-refractivity contribution is 7.92. The lowest BCUT2D eigenvalue weighted by Crippen LogP contribution is -2.51. The quantitative estimate of drug-likeness (QED) is 0.243. The highest BCUT2D eigenvalue weighted by atomic mass is 35.5. The number of hydrogen-bond donors (Lipinski definition) is 1. The number of anilines is 1. The zero-order chi connectivity index (χ0) is 30.2. The van der Waals surface area contributed by atoms with E-state index in [2.05, 4.69) is 5.32 Å². The van der Waals surface area contributed by atoms with Gasteiger partial charge in [-0.05, 0) is 62.2 Å². The lowest BCUT2D eigenvalue weighted by atomic mass is 10.1. The number of benzene rings is 3. The van der Waals surface area contributed by atoms with Gasteiger partial charge < -0.3 is 15.0 Å². The van der Waals surface area contributed by atoms with Gasteiger partial charge in [0.2, 0.25) is 11.8 Å². The van der Waals surface area contributed by atoms with Crippen LogP contribution < -0.4 is 14.4 Å². The van der Waals surface area contributed by atoms with Gasteiger partial charge in [-0.25, -0.2) is 8.42 Å². The van der Waals surface area contributed by atoms with Crippen molar-refractivity contribution in [2.24, 2.45) is 0 Å². The number of sulfonamides is 1. The minimum Gasteiger partial charge on any atom is -0.495 e. The van der Waals surface area contributed by atoms with Crippen LogP contribution in [-0.4, -0.2) is 51.4 Å². The molecule has 3 rings (SSSR count). The Morgan fingerprint density at radius 2 is 1.71 bits per heavy atom. The summed E-state index contributed by atoms with van der Waals surface area (Å²) < 4.78 is 34.5. The third kappa shape index (κ3) is 8.15. The maximum atomic E-state index is 14.1. The molecular formula is C30H35Cl2N3O5S. The van der Waals surface area contributed by atoms with E-state index in [1.54, 1.807) is 49.4 Å². The third-order valence-electron chi connectivity index (χ3n) is 6.59. The number of carbonyl (C=O) groups excluding carboxylic acids is 2. The SMILES string of the molecule is CCCCNC(=O)[C@H](C)N(Cc1ccccc1Cl)C(=O)CN(c1cc(Cl)ccc1OC)S(=O)(=O)c1ccc(C)cc1. The number of aryl methyl sites for hydroxylation is 1. The van der Waals surface area contributed by atoms with Crippen LogP contribution in [0.25, 0.3) is 0 Å². The molecule has 11 heteroatoms. The van der Waals surface area contributed by atoms with Crippen LogP contribution in [0, 0.1) is 6.92 Å². The number of rotatable bonds is 13. The molecule has 0 aliphatic carbocycles. The fourth-order valence-corrected chi connectivity index (χ4v) is 5.92. The van der Waals surface area contributed by atoms with Crippen molar-refractivity contribution in [2.45, 2.75) is 51.1 Å². The van der Waals surface area contributed by atoms with Crippen LogP contribution in [0.4, 0.5) is 5.69 Å². The van der Waals surface area contributed by atoms with Gasteiger partial charge in [0.15, 0.2) is 0 Å². The molecule has 220 valence electrons. The molecule has 1 N–H and O–H groups in total. The summed E-state index contributed by atoms with van der Waals surface area (Å²) in [7, 11) is -2.87. The summed E-state index contributed by atoms with van der Waals surface area (Å²) >= 11 is 12.7. The lowest BCUT2D eigenvalue weighted by molar-refractivity contribution is -0.139. The second-order valence-electron chi connectivity index (χ2n) is 9.57. The number of hydrogen-bond acceptors (Lipinski definition) is 5. The van der Waals surface area contributed by atoms with Crippen molar-refractivity contribution in [1.82, 2.24) is 10.2 Å². The van der Waals surface area contributed by atoms with Gasteiger partial charge in [-0.1, -0.05) is 72.4 Å². The van der Waals surface area contributed by atoms with Gasteiger partial charge in [0.05, 0.1) is 17.7 Å². The van der Waals surface area contributed by atoms with Crippen molar-refractivity contribution < 1.29 is 22.7 Å². The van der Waals surface area contributed by atoms with E-state index >= 15 is 0 Å². The molecule has 0 saturated carbocycles. The molecule has 41 heavy (non-hydrogen) atoms. The zero-order valence-corrected chi connectivity index (χ0v) is 25.9. The topological polar surface area (TPSA) is 96.0 Å². The minimum atomic E-state index is -4.27. The van der Waals surface area contributed by atoms with Crippen LogP contribution in [-0.2, 0) is 26.2 Å². The average molecular weight is 621 g/mol. The summed E-state index contributed by atoms with van der Waals surface area (Å²) in [6.07, 6.45) is 1.68. The largest absolute Gasteiger partial charge is 0.495 e. The van der Waals surface area contributed by atoms with E-state index in [0.717, 1.165) is 22.7 Å². The molecule has 0 aliphatic rings. The van der Waals surface area contributed by atoms with Crippen LogP contribution in [0.3, 0.4) is 0 Å². The smallest absolute Gasteiger partial charge is 0.264 e. The third-order valence-corrected chi connectivity index (χ3v) is 8.97. The second kappa shape index (κ2) is 14.6. The first kappa shape index (κ1) is 32.2. The zero-order valence-electron chi connectivity index (χ0n) is 23.6. The minimum absolute atomic E-state index is 0.00797. The fraction of sp³-hybridized carbons (Fsp3) is 0.333. The monoisotopic (exact) mass is 619 g/mol. The summed E-state index contributed by atoms with van der Waals surface area (Å²) in [5.74, 6) is -0.756. The predicted octanol–water partition coefficient (Wildman–Crippen LogP) is 5.84. The molecule has 0 saturated heterocycles. The van der Waals surface area contributed by atoms with Crippen LogP contribution in [0.2, 0.25) is 10.0 Å². The Morgan fingerprint density at radius 1 is 1.02 bits per heavy atom. The van der Waals surface area contributed by atoms with Crippen molar-refractivity contribution >= 4 is 50.7 Å². The highest BCUT2D eigenvalue weighted by Gasteiger charge is 2.34. The van der Waals surface area contributed by atoms with E-state index in [1.807, 2.05) is 13.8 Å². The molecule has 3 aromatic rings. The lowest BCUT2D eigenvalue weighted by Gasteiger charge is -2.32. The molecule has 0 fully saturated rings. The summed E-state index contributed by atoms with van der Waals surface area (Å²) in [6.45, 7) is 5.29.